The number of hydrogen-bond acceptors (Lipinski definition) is 3. The predicted octanol–water partition coefficient (Wildman–Crippen LogP) is 1.90. The average Bonchev–Trinajstić information content (AvgIpc) is 2.54. The summed E-state index contributed by atoms with van der Waals surface area (Å²) in [6, 6.07) is 7.26. The fraction of sp³-hybridized carbons (Fsp3) is 0.412. The number of ether oxygens (including phenoxy) is 1. The molecule has 1 aromatic carbocycles. The Hall–Kier alpha value is -2.14. The molecule has 2 rings (SSSR count). The molecule has 2 N–H and O–H groups in total. The lowest BCUT2D eigenvalue weighted by Crippen LogP contribution is -2.34. The maximum absolute atomic E-state index is 12.0. The number of nitrogens with one attached hydrogen (secondary N) is 2. The Bertz CT molecular complexity index is 536. The van der Waals surface area contributed by atoms with Gasteiger partial charge in [-0.05, 0) is 42.5 Å². The minimum absolute atomic E-state index is 0.0160. The summed E-state index contributed by atoms with van der Waals surface area (Å²) in [7, 11) is 0. The highest BCUT2D eigenvalue weighted by Gasteiger charge is 2.14. The molecule has 1 aliphatic heterocycles. The van der Waals surface area contributed by atoms with Gasteiger partial charge >= 0.3 is 0 Å². The third-order valence-corrected chi connectivity index (χ3v) is 3.59. The molecule has 5 nitrogen and oxygen atoms in total. The van der Waals surface area contributed by atoms with Crippen LogP contribution < -0.4 is 10.6 Å². The number of carbonyl (C=O) groups excluding carboxylic acids is 2. The minimum Gasteiger partial charge on any atom is -0.381 e. The number of rotatable bonds is 6. The zero-order chi connectivity index (χ0) is 15.8. The molecule has 22 heavy (non-hydrogen) atoms. The molecule has 1 fully saturated rings. The molecular weight excluding hydrogens is 280 g/mol. The van der Waals surface area contributed by atoms with Crippen LogP contribution in [0.15, 0.2) is 36.9 Å². The summed E-state index contributed by atoms with van der Waals surface area (Å²) in [5.74, 6) is 0.132. The second kappa shape index (κ2) is 8.34. The van der Waals surface area contributed by atoms with Crippen LogP contribution in [0.4, 0.5) is 5.69 Å². The summed E-state index contributed by atoms with van der Waals surface area (Å²) in [4.78, 5) is 23.3. The maximum Gasteiger partial charge on any atom is 0.247 e. The minimum atomic E-state index is -0.265. The van der Waals surface area contributed by atoms with Crippen molar-refractivity contribution in [1.82, 2.24) is 5.32 Å². The van der Waals surface area contributed by atoms with E-state index in [1.165, 1.54) is 6.08 Å². The van der Waals surface area contributed by atoms with Crippen LogP contribution in [0.3, 0.4) is 0 Å². The van der Waals surface area contributed by atoms with Crippen molar-refractivity contribution in [2.24, 2.45) is 5.92 Å². The van der Waals surface area contributed by atoms with Crippen molar-refractivity contribution in [1.29, 1.82) is 0 Å². The normalized spacial score (nSPS) is 17.5. The number of amides is 2. The largest absolute Gasteiger partial charge is 0.381 e. The lowest BCUT2D eigenvalue weighted by molar-refractivity contribution is -0.120. The summed E-state index contributed by atoms with van der Waals surface area (Å²) in [6.45, 7) is 5.62. The molecule has 1 aliphatic rings. The summed E-state index contributed by atoms with van der Waals surface area (Å²) in [6.07, 6.45) is 3.67. The van der Waals surface area contributed by atoms with E-state index in [1.807, 2.05) is 12.1 Å². The Kier molecular flexibility index (Phi) is 6.15. The van der Waals surface area contributed by atoms with E-state index in [9.17, 15) is 9.59 Å². The van der Waals surface area contributed by atoms with Crippen LogP contribution in [-0.4, -0.2) is 31.6 Å². The van der Waals surface area contributed by atoms with E-state index in [1.54, 1.807) is 12.1 Å². The highest BCUT2D eigenvalue weighted by atomic mass is 16.5. The zero-order valence-electron chi connectivity index (χ0n) is 12.6. The van der Waals surface area contributed by atoms with E-state index < -0.39 is 0 Å². The van der Waals surface area contributed by atoms with Crippen LogP contribution in [0.2, 0.25) is 0 Å². The van der Waals surface area contributed by atoms with E-state index in [4.69, 9.17) is 4.74 Å². The number of carbonyl (C=O) groups is 2. The second-order valence-electron chi connectivity index (χ2n) is 5.46. The fourth-order valence-electron chi connectivity index (χ4n) is 2.43. The zero-order valence-corrected chi connectivity index (χ0v) is 12.6. The van der Waals surface area contributed by atoms with Crippen LogP contribution in [-0.2, 0) is 20.7 Å². The topological polar surface area (TPSA) is 67.4 Å². The molecule has 5 heteroatoms. The van der Waals surface area contributed by atoms with Crippen molar-refractivity contribution in [3.05, 3.63) is 42.5 Å². The lowest BCUT2D eigenvalue weighted by atomic mass is 10.0. The first-order valence-electron chi connectivity index (χ1n) is 7.54. The summed E-state index contributed by atoms with van der Waals surface area (Å²) in [5, 5.41) is 5.63. The summed E-state index contributed by atoms with van der Waals surface area (Å²) < 4.78 is 5.40. The lowest BCUT2D eigenvalue weighted by Gasteiger charge is -2.22. The van der Waals surface area contributed by atoms with Crippen LogP contribution in [0.25, 0.3) is 0 Å². The number of hydrogen-bond donors (Lipinski definition) is 2. The summed E-state index contributed by atoms with van der Waals surface area (Å²) >= 11 is 0. The molecular formula is C17H22N2O3. The van der Waals surface area contributed by atoms with Crippen molar-refractivity contribution in [3.63, 3.8) is 0 Å². The molecule has 118 valence electrons. The standard InChI is InChI=1S/C17H22N2O3/c1-2-16(20)19-15-7-3-5-13(9-15)10-17(21)18-11-14-6-4-8-22-12-14/h2-3,5,7,9,14H,1,4,6,8,10-12H2,(H,18,21)(H,19,20). The molecule has 0 bridgehead atoms. The van der Waals surface area contributed by atoms with E-state index >= 15 is 0 Å². The first-order chi connectivity index (χ1) is 10.7. The average molecular weight is 302 g/mol. The molecule has 0 spiro atoms. The van der Waals surface area contributed by atoms with Crippen molar-refractivity contribution in [2.75, 3.05) is 25.1 Å². The van der Waals surface area contributed by atoms with Gasteiger partial charge in [-0.2, -0.15) is 0 Å². The SMILES string of the molecule is C=CC(=O)Nc1cccc(CC(=O)NCC2CCCOC2)c1. The summed E-state index contributed by atoms with van der Waals surface area (Å²) in [5.41, 5.74) is 1.52. The molecule has 0 aromatic heterocycles. The smallest absolute Gasteiger partial charge is 0.247 e. The molecule has 0 saturated carbocycles. The highest BCUT2D eigenvalue weighted by molar-refractivity contribution is 5.98. The van der Waals surface area contributed by atoms with Gasteiger partial charge in [0.05, 0.1) is 13.0 Å². The Morgan fingerprint density at radius 3 is 3.00 bits per heavy atom. The van der Waals surface area contributed by atoms with Crippen LogP contribution in [0.1, 0.15) is 18.4 Å². The Balaban J connectivity index is 1.81. The third kappa shape index (κ3) is 5.33. The van der Waals surface area contributed by atoms with E-state index in [2.05, 4.69) is 17.2 Å². The van der Waals surface area contributed by atoms with Gasteiger partial charge in [0.15, 0.2) is 0 Å². The number of anilines is 1. The van der Waals surface area contributed by atoms with Gasteiger partial charge < -0.3 is 15.4 Å². The van der Waals surface area contributed by atoms with Crippen LogP contribution in [0.5, 0.6) is 0 Å². The molecule has 0 radical (unpaired) electrons. The van der Waals surface area contributed by atoms with Gasteiger partial charge in [-0.25, -0.2) is 0 Å². The van der Waals surface area contributed by atoms with Crippen molar-refractivity contribution in [3.8, 4) is 0 Å². The monoisotopic (exact) mass is 302 g/mol. The molecule has 1 unspecified atom stereocenters. The van der Waals surface area contributed by atoms with Crippen LogP contribution in [0, 0.1) is 5.92 Å². The second-order valence-corrected chi connectivity index (χ2v) is 5.46. The van der Waals surface area contributed by atoms with E-state index in [-0.39, 0.29) is 11.8 Å². The molecule has 1 aromatic rings. The molecule has 1 saturated heterocycles. The quantitative estimate of drug-likeness (QED) is 0.789. The Morgan fingerprint density at radius 2 is 2.27 bits per heavy atom. The maximum atomic E-state index is 12.0. The molecule has 1 heterocycles. The first-order valence-corrected chi connectivity index (χ1v) is 7.54. The number of benzene rings is 1. The van der Waals surface area contributed by atoms with Crippen molar-refractivity contribution >= 4 is 17.5 Å². The van der Waals surface area contributed by atoms with Gasteiger partial charge in [0, 0.05) is 18.8 Å². The predicted molar refractivity (Wildman–Crippen MR) is 85.5 cm³/mol. The van der Waals surface area contributed by atoms with Gasteiger partial charge in [0.25, 0.3) is 0 Å². The van der Waals surface area contributed by atoms with Crippen molar-refractivity contribution < 1.29 is 14.3 Å². The fourth-order valence-corrected chi connectivity index (χ4v) is 2.43. The molecule has 1 atom stereocenters. The van der Waals surface area contributed by atoms with Crippen molar-refractivity contribution in [2.45, 2.75) is 19.3 Å². The Morgan fingerprint density at radius 1 is 1.41 bits per heavy atom. The van der Waals surface area contributed by atoms with E-state index in [0.717, 1.165) is 31.6 Å². The molecule has 2 amide bonds. The molecule has 0 aliphatic carbocycles. The third-order valence-electron chi connectivity index (χ3n) is 3.59. The van der Waals surface area contributed by atoms with E-state index in [0.29, 0.717) is 24.6 Å². The van der Waals surface area contributed by atoms with Gasteiger partial charge in [-0.15, -0.1) is 0 Å². The van der Waals surface area contributed by atoms with Gasteiger partial charge in [0.2, 0.25) is 11.8 Å². The Labute approximate surface area is 130 Å². The van der Waals surface area contributed by atoms with Gasteiger partial charge in [-0.3, -0.25) is 9.59 Å². The van der Waals surface area contributed by atoms with Crippen LogP contribution >= 0.6 is 0 Å². The van der Waals surface area contributed by atoms with Gasteiger partial charge in [-0.1, -0.05) is 18.7 Å². The first kappa shape index (κ1) is 16.2. The highest BCUT2D eigenvalue weighted by Crippen LogP contribution is 2.13. The van der Waals surface area contributed by atoms with Gasteiger partial charge in [0.1, 0.15) is 0 Å².